The fourth-order valence-electron chi connectivity index (χ4n) is 2.64. The van der Waals surface area contributed by atoms with Crippen molar-refractivity contribution >= 4 is 44.6 Å². The zero-order chi connectivity index (χ0) is 21.9. The molecule has 0 spiro atoms. The van der Waals surface area contributed by atoms with Gasteiger partial charge in [-0.15, -0.1) is 0 Å². The molecule has 154 valence electrons. The van der Waals surface area contributed by atoms with Gasteiger partial charge in [0.15, 0.2) is 0 Å². The third kappa shape index (κ3) is 4.76. The molecule has 3 aromatic rings. The minimum Gasteiger partial charge on any atom is -0.322 e. The zero-order valence-corrected chi connectivity index (χ0v) is 17.2. The Balaban J connectivity index is 1.84. The van der Waals surface area contributed by atoms with Crippen LogP contribution in [0.2, 0.25) is 5.02 Å². The van der Waals surface area contributed by atoms with E-state index < -0.39 is 20.9 Å². The summed E-state index contributed by atoms with van der Waals surface area (Å²) in [6.45, 7) is 1.59. The molecule has 0 unspecified atom stereocenters. The van der Waals surface area contributed by atoms with Crippen LogP contribution in [0, 0.1) is 17.0 Å². The first-order valence-corrected chi connectivity index (χ1v) is 10.5. The Labute approximate surface area is 177 Å². The van der Waals surface area contributed by atoms with Crippen molar-refractivity contribution in [1.29, 1.82) is 0 Å². The largest absolute Gasteiger partial charge is 0.322 e. The van der Waals surface area contributed by atoms with Crippen LogP contribution >= 0.6 is 11.6 Å². The Hall–Kier alpha value is -3.43. The molecule has 8 nitrogen and oxygen atoms in total. The molecule has 3 aromatic carbocycles. The number of hydrogen-bond acceptors (Lipinski definition) is 5. The van der Waals surface area contributed by atoms with E-state index in [2.05, 4.69) is 10.0 Å². The Kier molecular flexibility index (Phi) is 6.04. The first-order valence-electron chi connectivity index (χ1n) is 8.61. The predicted octanol–water partition coefficient (Wildman–Crippen LogP) is 4.61. The highest BCUT2D eigenvalue weighted by Crippen LogP contribution is 2.25. The minimum absolute atomic E-state index is 0.0697. The van der Waals surface area contributed by atoms with E-state index >= 15 is 0 Å². The summed E-state index contributed by atoms with van der Waals surface area (Å²) in [7, 11) is -3.99. The molecule has 30 heavy (non-hydrogen) atoms. The number of nitro benzene ring substituents is 1. The van der Waals surface area contributed by atoms with E-state index in [0.29, 0.717) is 5.56 Å². The third-order valence-electron chi connectivity index (χ3n) is 4.19. The van der Waals surface area contributed by atoms with Gasteiger partial charge in [-0.25, -0.2) is 8.42 Å². The van der Waals surface area contributed by atoms with E-state index in [-0.39, 0.29) is 32.5 Å². The lowest BCUT2D eigenvalue weighted by Gasteiger charge is -2.11. The first kappa shape index (κ1) is 21.3. The van der Waals surface area contributed by atoms with Crippen molar-refractivity contribution < 1.29 is 18.1 Å². The molecular weight excluding hydrogens is 430 g/mol. The number of hydrogen-bond donors (Lipinski definition) is 2. The van der Waals surface area contributed by atoms with Gasteiger partial charge in [0.05, 0.1) is 20.5 Å². The fourth-order valence-corrected chi connectivity index (χ4v) is 4.00. The van der Waals surface area contributed by atoms with E-state index in [1.165, 1.54) is 48.5 Å². The number of aryl methyl sites for hydroxylation is 1. The van der Waals surface area contributed by atoms with Crippen molar-refractivity contribution in [2.45, 2.75) is 11.8 Å². The first-order chi connectivity index (χ1) is 14.2. The van der Waals surface area contributed by atoms with E-state index in [9.17, 15) is 23.3 Å². The molecule has 0 saturated heterocycles. The topological polar surface area (TPSA) is 118 Å². The summed E-state index contributed by atoms with van der Waals surface area (Å²) >= 11 is 6.00. The molecule has 0 aliphatic heterocycles. The van der Waals surface area contributed by atoms with Crippen LogP contribution in [0.3, 0.4) is 0 Å². The van der Waals surface area contributed by atoms with Crippen molar-refractivity contribution in [2.75, 3.05) is 10.0 Å². The van der Waals surface area contributed by atoms with E-state index in [4.69, 9.17) is 11.6 Å². The Morgan fingerprint density at radius 1 is 1.03 bits per heavy atom. The van der Waals surface area contributed by atoms with Crippen LogP contribution in [-0.4, -0.2) is 19.2 Å². The van der Waals surface area contributed by atoms with E-state index in [1.54, 1.807) is 25.1 Å². The monoisotopic (exact) mass is 445 g/mol. The summed E-state index contributed by atoms with van der Waals surface area (Å²) in [5.74, 6) is -0.608. The Morgan fingerprint density at radius 2 is 1.77 bits per heavy atom. The number of nitrogens with zero attached hydrogens (tertiary/aromatic N) is 1. The SMILES string of the molecule is Cc1ccc(NC(=O)c2cccc(S(=O)(=O)Nc3ccccc3Cl)c2)cc1[N+](=O)[O-]. The van der Waals surface area contributed by atoms with Crippen LogP contribution in [0.25, 0.3) is 0 Å². The quantitative estimate of drug-likeness (QED) is 0.424. The van der Waals surface area contributed by atoms with Crippen molar-refractivity contribution in [1.82, 2.24) is 0 Å². The fraction of sp³-hybridized carbons (Fsp3) is 0.0500. The van der Waals surface area contributed by atoms with Crippen LogP contribution in [0.1, 0.15) is 15.9 Å². The molecule has 0 aliphatic rings. The molecule has 0 bridgehead atoms. The van der Waals surface area contributed by atoms with E-state index in [1.807, 2.05) is 0 Å². The molecule has 0 aliphatic carbocycles. The highest BCUT2D eigenvalue weighted by molar-refractivity contribution is 7.92. The maximum absolute atomic E-state index is 12.7. The number of benzene rings is 3. The highest BCUT2D eigenvalue weighted by Gasteiger charge is 2.18. The average molecular weight is 446 g/mol. The summed E-state index contributed by atoms with van der Waals surface area (Å²) in [6, 6.07) is 16.1. The zero-order valence-electron chi connectivity index (χ0n) is 15.6. The van der Waals surface area contributed by atoms with Gasteiger partial charge in [0.25, 0.3) is 21.6 Å². The van der Waals surface area contributed by atoms with Crippen molar-refractivity contribution in [3.8, 4) is 0 Å². The minimum atomic E-state index is -3.99. The van der Waals surface area contributed by atoms with Crippen molar-refractivity contribution in [3.05, 3.63) is 93.0 Å². The number of sulfonamides is 1. The van der Waals surface area contributed by atoms with Crippen LogP contribution in [0.4, 0.5) is 17.1 Å². The van der Waals surface area contributed by atoms with Crippen molar-refractivity contribution in [2.24, 2.45) is 0 Å². The van der Waals surface area contributed by atoms with E-state index in [0.717, 1.165) is 0 Å². The number of amides is 1. The Morgan fingerprint density at radius 3 is 2.47 bits per heavy atom. The normalized spacial score (nSPS) is 11.0. The van der Waals surface area contributed by atoms with Gasteiger partial charge in [0.2, 0.25) is 0 Å². The maximum Gasteiger partial charge on any atom is 0.274 e. The van der Waals surface area contributed by atoms with Gasteiger partial charge in [-0.2, -0.15) is 0 Å². The number of carbonyl (C=O) groups is 1. The van der Waals surface area contributed by atoms with Gasteiger partial charge in [0.1, 0.15) is 0 Å². The van der Waals surface area contributed by atoms with Gasteiger partial charge in [-0.05, 0) is 43.3 Å². The number of nitro groups is 1. The number of nitrogens with one attached hydrogen (secondary N) is 2. The summed E-state index contributed by atoms with van der Waals surface area (Å²) in [5.41, 5.74) is 0.825. The molecule has 0 atom stereocenters. The number of rotatable bonds is 6. The molecule has 0 radical (unpaired) electrons. The lowest BCUT2D eigenvalue weighted by Crippen LogP contribution is -2.16. The van der Waals surface area contributed by atoms with Gasteiger partial charge in [-0.1, -0.05) is 35.9 Å². The van der Waals surface area contributed by atoms with Gasteiger partial charge in [-0.3, -0.25) is 19.6 Å². The van der Waals surface area contributed by atoms with Crippen LogP contribution in [-0.2, 0) is 10.0 Å². The lowest BCUT2D eigenvalue weighted by molar-refractivity contribution is -0.385. The number of para-hydroxylation sites is 1. The number of halogens is 1. The van der Waals surface area contributed by atoms with Gasteiger partial charge < -0.3 is 5.32 Å². The molecule has 2 N–H and O–H groups in total. The smallest absolute Gasteiger partial charge is 0.274 e. The molecule has 1 amide bonds. The van der Waals surface area contributed by atoms with Crippen LogP contribution in [0.15, 0.2) is 71.6 Å². The molecule has 3 rings (SSSR count). The number of carbonyl (C=O) groups excluding carboxylic acids is 1. The molecule has 10 heteroatoms. The van der Waals surface area contributed by atoms with Crippen LogP contribution < -0.4 is 10.0 Å². The highest BCUT2D eigenvalue weighted by atomic mass is 35.5. The Bertz CT molecular complexity index is 1240. The molecule has 0 fully saturated rings. The average Bonchev–Trinajstić information content (AvgIpc) is 2.71. The summed E-state index contributed by atoms with van der Waals surface area (Å²) in [4.78, 5) is 22.9. The second kappa shape index (κ2) is 8.52. The maximum atomic E-state index is 12.7. The summed E-state index contributed by atoms with van der Waals surface area (Å²) in [5, 5.41) is 13.8. The van der Waals surface area contributed by atoms with Crippen molar-refractivity contribution in [3.63, 3.8) is 0 Å². The molecular formula is C20H16ClN3O5S. The molecule has 0 heterocycles. The predicted molar refractivity (Wildman–Crippen MR) is 114 cm³/mol. The standard InChI is InChI=1S/C20H16ClN3O5S/c1-13-9-10-15(12-19(13)24(26)27)22-20(25)14-5-4-6-16(11-14)30(28,29)23-18-8-3-2-7-17(18)21/h2-12,23H,1H3,(H,22,25). The second-order valence-corrected chi connectivity index (χ2v) is 8.42. The van der Waals surface area contributed by atoms with Crippen LogP contribution in [0.5, 0.6) is 0 Å². The van der Waals surface area contributed by atoms with Gasteiger partial charge in [0, 0.05) is 22.9 Å². The molecule has 0 saturated carbocycles. The second-order valence-electron chi connectivity index (χ2n) is 6.33. The number of anilines is 2. The third-order valence-corrected chi connectivity index (χ3v) is 5.88. The molecule has 0 aromatic heterocycles. The summed E-state index contributed by atoms with van der Waals surface area (Å²) < 4.78 is 27.7. The summed E-state index contributed by atoms with van der Waals surface area (Å²) in [6.07, 6.45) is 0. The van der Waals surface area contributed by atoms with Gasteiger partial charge >= 0.3 is 0 Å². The lowest BCUT2D eigenvalue weighted by atomic mass is 10.1.